The summed E-state index contributed by atoms with van der Waals surface area (Å²) in [6, 6.07) is 6.46. The molecule has 1 aliphatic rings. The van der Waals surface area contributed by atoms with Gasteiger partial charge in [-0.2, -0.15) is 5.10 Å². The molecule has 1 fully saturated rings. The molecule has 1 aromatic carbocycles. The third kappa shape index (κ3) is 3.03. The third-order valence-corrected chi connectivity index (χ3v) is 3.46. The van der Waals surface area contributed by atoms with E-state index in [1.54, 1.807) is 0 Å². The second-order valence-electron chi connectivity index (χ2n) is 5.00. The van der Waals surface area contributed by atoms with Crippen molar-refractivity contribution in [1.29, 1.82) is 0 Å². The quantitative estimate of drug-likeness (QED) is 0.828. The van der Waals surface area contributed by atoms with Crippen LogP contribution in [0.5, 0.6) is 0 Å². The minimum Gasteiger partial charge on any atom is -0.388 e. The van der Waals surface area contributed by atoms with Crippen LogP contribution in [0.1, 0.15) is 37.3 Å². The Morgan fingerprint density at radius 1 is 1.22 bits per heavy atom. The van der Waals surface area contributed by atoms with E-state index in [4.69, 9.17) is 5.10 Å². The largest absolute Gasteiger partial charge is 0.388 e. The van der Waals surface area contributed by atoms with Gasteiger partial charge in [0.1, 0.15) is 0 Å². The zero-order valence-corrected chi connectivity index (χ0v) is 11.7. The summed E-state index contributed by atoms with van der Waals surface area (Å²) in [5, 5.41) is 10.2. The standard InChI is InChI=1S/C15H23N3/c1-12-7-8-15(16-3)14(11-12)13(2)17-18-9-5-4-6-10-18/h7-8,11,16H,4-6,9-10H2,1-3H3/b17-13+. The molecule has 0 radical (unpaired) electrons. The molecule has 0 amide bonds. The molecular weight excluding hydrogens is 222 g/mol. The second kappa shape index (κ2) is 5.89. The van der Waals surface area contributed by atoms with Crippen LogP contribution in [0.4, 0.5) is 5.69 Å². The highest BCUT2D eigenvalue weighted by molar-refractivity contribution is 6.03. The van der Waals surface area contributed by atoms with Crippen LogP contribution >= 0.6 is 0 Å². The first kappa shape index (κ1) is 12.9. The Bertz CT molecular complexity index is 431. The van der Waals surface area contributed by atoms with Gasteiger partial charge in [0.25, 0.3) is 0 Å². The highest BCUT2D eigenvalue weighted by atomic mass is 15.4. The van der Waals surface area contributed by atoms with Crippen molar-refractivity contribution in [3.05, 3.63) is 29.3 Å². The highest BCUT2D eigenvalue weighted by Crippen LogP contribution is 2.19. The van der Waals surface area contributed by atoms with Crippen molar-refractivity contribution in [2.24, 2.45) is 5.10 Å². The molecule has 1 saturated heterocycles. The Labute approximate surface area is 110 Å². The normalized spacial score (nSPS) is 16.8. The summed E-state index contributed by atoms with van der Waals surface area (Å²) in [5.74, 6) is 0. The van der Waals surface area contributed by atoms with Gasteiger partial charge in [-0.3, -0.25) is 5.01 Å². The summed E-state index contributed by atoms with van der Waals surface area (Å²) < 4.78 is 0. The maximum Gasteiger partial charge on any atom is 0.0667 e. The van der Waals surface area contributed by atoms with Crippen molar-refractivity contribution < 1.29 is 0 Å². The van der Waals surface area contributed by atoms with Crippen LogP contribution in [0.25, 0.3) is 0 Å². The average Bonchev–Trinajstić information content (AvgIpc) is 2.40. The number of nitrogens with one attached hydrogen (secondary N) is 1. The molecule has 2 rings (SSSR count). The van der Waals surface area contributed by atoms with Crippen molar-refractivity contribution in [1.82, 2.24) is 5.01 Å². The van der Waals surface area contributed by atoms with Gasteiger partial charge in [-0.15, -0.1) is 0 Å². The molecule has 0 spiro atoms. The summed E-state index contributed by atoms with van der Waals surface area (Å²) in [5.41, 5.74) is 4.74. The molecule has 0 bridgehead atoms. The van der Waals surface area contributed by atoms with Crippen LogP contribution in [0, 0.1) is 6.92 Å². The van der Waals surface area contributed by atoms with Gasteiger partial charge in [-0.05, 0) is 45.2 Å². The highest BCUT2D eigenvalue weighted by Gasteiger charge is 2.10. The van der Waals surface area contributed by atoms with Gasteiger partial charge in [0.05, 0.1) is 5.71 Å². The van der Waals surface area contributed by atoms with E-state index in [2.05, 4.69) is 42.4 Å². The Balaban J connectivity index is 2.23. The number of hydrogen-bond acceptors (Lipinski definition) is 3. The first-order valence-electron chi connectivity index (χ1n) is 6.79. The van der Waals surface area contributed by atoms with Crippen LogP contribution < -0.4 is 5.32 Å². The van der Waals surface area contributed by atoms with Crippen LogP contribution in [-0.2, 0) is 0 Å². The second-order valence-corrected chi connectivity index (χ2v) is 5.00. The summed E-state index contributed by atoms with van der Waals surface area (Å²) >= 11 is 0. The van der Waals surface area contributed by atoms with E-state index in [-0.39, 0.29) is 0 Å². The smallest absolute Gasteiger partial charge is 0.0667 e. The number of piperidine rings is 1. The predicted octanol–water partition coefficient (Wildman–Crippen LogP) is 3.25. The fourth-order valence-corrected chi connectivity index (χ4v) is 2.42. The molecule has 0 aromatic heterocycles. The van der Waals surface area contributed by atoms with Crippen LogP contribution in [-0.4, -0.2) is 30.9 Å². The number of benzene rings is 1. The Hall–Kier alpha value is -1.51. The van der Waals surface area contributed by atoms with E-state index in [1.165, 1.54) is 30.4 Å². The molecular formula is C15H23N3. The molecule has 1 aliphatic heterocycles. The minimum absolute atomic E-state index is 1.10. The summed E-state index contributed by atoms with van der Waals surface area (Å²) in [6.07, 6.45) is 3.88. The molecule has 0 aliphatic carbocycles. The molecule has 1 aromatic rings. The Morgan fingerprint density at radius 2 is 1.94 bits per heavy atom. The molecule has 1 N–H and O–H groups in total. The van der Waals surface area contributed by atoms with Crippen molar-refractivity contribution >= 4 is 11.4 Å². The molecule has 0 unspecified atom stereocenters. The van der Waals surface area contributed by atoms with Gasteiger partial charge in [-0.1, -0.05) is 11.6 Å². The molecule has 0 saturated carbocycles. The van der Waals surface area contributed by atoms with Gasteiger partial charge in [0.15, 0.2) is 0 Å². The molecule has 18 heavy (non-hydrogen) atoms. The van der Waals surface area contributed by atoms with Crippen molar-refractivity contribution in [3.63, 3.8) is 0 Å². The van der Waals surface area contributed by atoms with Crippen LogP contribution in [0.3, 0.4) is 0 Å². The van der Waals surface area contributed by atoms with E-state index >= 15 is 0 Å². The average molecular weight is 245 g/mol. The maximum atomic E-state index is 4.77. The number of rotatable bonds is 3. The first-order chi connectivity index (χ1) is 8.70. The summed E-state index contributed by atoms with van der Waals surface area (Å²) in [4.78, 5) is 0. The summed E-state index contributed by atoms with van der Waals surface area (Å²) in [7, 11) is 1.96. The van der Waals surface area contributed by atoms with E-state index in [0.717, 1.165) is 24.5 Å². The molecule has 3 heteroatoms. The number of hydrogen-bond donors (Lipinski definition) is 1. The van der Waals surface area contributed by atoms with E-state index in [1.807, 2.05) is 7.05 Å². The fourth-order valence-electron chi connectivity index (χ4n) is 2.42. The molecule has 3 nitrogen and oxygen atoms in total. The minimum atomic E-state index is 1.10. The fraction of sp³-hybridized carbons (Fsp3) is 0.533. The number of nitrogens with zero attached hydrogens (tertiary/aromatic N) is 2. The predicted molar refractivity (Wildman–Crippen MR) is 78.4 cm³/mol. The lowest BCUT2D eigenvalue weighted by molar-refractivity contribution is 0.239. The van der Waals surface area contributed by atoms with Crippen LogP contribution in [0.15, 0.2) is 23.3 Å². The monoisotopic (exact) mass is 245 g/mol. The summed E-state index contributed by atoms with van der Waals surface area (Å²) in [6.45, 7) is 6.41. The first-order valence-corrected chi connectivity index (χ1v) is 6.79. The lowest BCUT2D eigenvalue weighted by Crippen LogP contribution is -2.25. The third-order valence-electron chi connectivity index (χ3n) is 3.46. The van der Waals surface area contributed by atoms with Crippen molar-refractivity contribution in [2.75, 3.05) is 25.5 Å². The lowest BCUT2D eigenvalue weighted by Gasteiger charge is -2.24. The van der Waals surface area contributed by atoms with E-state index < -0.39 is 0 Å². The zero-order chi connectivity index (χ0) is 13.0. The van der Waals surface area contributed by atoms with Crippen LogP contribution in [0.2, 0.25) is 0 Å². The maximum absolute atomic E-state index is 4.77. The topological polar surface area (TPSA) is 27.6 Å². The number of hydrazone groups is 1. The van der Waals surface area contributed by atoms with Crippen molar-refractivity contribution in [2.45, 2.75) is 33.1 Å². The van der Waals surface area contributed by atoms with Gasteiger partial charge in [-0.25, -0.2) is 0 Å². The van der Waals surface area contributed by atoms with Gasteiger partial charge in [0.2, 0.25) is 0 Å². The Morgan fingerprint density at radius 3 is 2.61 bits per heavy atom. The van der Waals surface area contributed by atoms with Gasteiger partial charge >= 0.3 is 0 Å². The van der Waals surface area contributed by atoms with E-state index in [9.17, 15) is 0 Å². The molecule has 1 heterocycles. The van der Waals surface area contributed by atoms with Crippen molar-refractivity contribution in [3.8, 4) is 0 Å². The molecule has 98 valence electrons. The number of aryl methyl sites for hydroxylation is 1. The van der Waals surface area contributed by atoms with Gasteiger partial charge in [0, 0.05) is 31.4 Å². The lowest BCUT2D eigenvalue weighted by atomic mass is 10.1. The SMILES string of the molecule is CNc1ccc(C)cc1/C(C)=N/N1CCCCC1. The van der Waals surface area contributed by atoms with Gasteiger partial charge < -0.3 is 5.32 Å². The van der Waals surface area contributed by atoms with E-state index in [0.29, 0.717) is 0 Å². The Kier molecular flexibility index (Phi) is 4.24. The number of anilines is 1. The molecule has 0 atom stereocenters. The zero-order valence-electron chi connectivity index (χ0n) is 11.7.